The molecule has 4 heterocycles. The predicted octanol–water partition coefficient (Wildman–Crippen LogP) is 2.76. The van der Waals surface area contributed by atoms with Crippen molar-refractivity contribution in [2.24, 2.45) is 5.73 Å². The third kappa shape index (κ3) is 3.16. The van der Waals surface area contributed by atoms with Gasteiger partial charge in [0.15, 0.2) is 0 Å². The molecule has 0 atom stereocenters. The highest BCUT2D eigenvalue weighted by Crippen LogP contribution is 2.32. The average molecular weight is 409 g/mol. The molecule has 0 spiro atoms. The van der Waals surface area contributed by atoms with E-state index in [-0.39, 0.29) is 5.28 Å². The number of anilines is 1. The number of H-pyrrole nitrogens is 1. The molecule has 0 saturated carbocycles. The van der Waals surface area contributed by atoms with Gasteiger partial charge in [0, 0.05) is 42.1 Å². The normalized spacial score (nSPS) is 14.6. The summed E-state index contributed by atoms with van der Waals surface area (Å²) in [6.45, 7) is 3.11. The third-order valence-corrected chi connectivity index (χ3v) is 5.29. The largest absolute Gasteiger partial charge is 0.378 e. The zero-order chi connectivity index (χ0) is 20.0. The summed E-state index contributed by atoms with van der Waals surface area (Å²) in [4.78, 5) is 30.5. The maximum atomic E-state index is 12.1. The van der Waals surface area contributed by atoms with Crippen LogP contribution in [0.3, 0.4) is 0 Å². The van der Waals surface area contributed by atoms with Crippen LogP contribution in [0.15, 0.2) is 36.7 Å². The van der Waals surface area contributed by atoms with Crippen LogP contribution in [0.25, 0.3) is 33.2 Å². The molecule has 1 saturated heterocycles. The van der Waals surface area contributed by atoms with Gasteiger partial charge in [-0.2, -0.15) is 0 Å². The molecule has 0 aliphatic carbocycles. The van der Waals surface area contributed by atoms with E-state index in [1.165, 1.54) is 0 Å². The number of carbonyl (C=O) groups is 1. The molecule has 1 fully saturated rings. The smallest absolute Gasteiger partial charge is 0.250 e. The molecule has 0 radical (unpaired) electrons. The molecule has 1 aromatic carbocycles. The number of halogens is 1. The first-order chi connectivity index (χ1) is 14.1. The number of aromatic amines is 1. The monoisotopic (exact) mass is 408 g/mol. The Kier molecular flexibility index (Phi) is 4.30. The van der Waals surface area contributed by atoms with Gasteiger partial charge in [-0.15, -0.1) is 0 Å². The van der Waals surface area contributed by atoms with Crippen LogP contribution in [0.2, 0.25) is 5.28 Å². The summed E-state index contributed by atoms with van der Waals surface area (Å²) < 4.78 is 5.43. The number of hydrogen-bond acceptors (Lipinski definition) is 6. The number of aromatic nitrogens is 4. The van der Waals surface area contributed by atoms with Crippen LogP contribution in [0.5, 0.6) is 0 Å². The number of nitrogens with one attached hydrogen (secondary N) is 1. The fourth-order valence-electron chi connectivity index (χ4n) is 3.65. The van der Waals surface area contributed by atoms with Crippen molar-refractivity contribution in [3.63, 3.8) is 0 Å². The van der Waals surface area contributed by atoms with E-state index in [9.17, 15) is 4.79 Å². The molecule has 1 aliphatic rings. The second-order valence-corrected chi connectivity index (χ2v) is 7.18. The van der Waals surface area contributed by atoms with Crippen molar-refractivity contribution in [3.05, 3.63) is 47.5 Å². The third-order valence-electron chi connectivity index (χ3n) is 5.10. The Morgan fingerprint density at radius 1 is 1.17 bits per heavy atom. The SMILES string of the molecule is NC(=O)c1cc(-c2cnc(Cl)nc2)nc2c1[nH]c1cc(N3CCOCC3)ccc12. The molecule has 0 unspecified atom stereocenters. The van der Waals surface area contributed by atoms with E-state index in [2.05, 4.69) is 32.0 Å². The summed E-state index contributed by atoms with van der Waals surface area (Å²) in [5, 5.41) is 1.06. The number of nitrogens with two attached hydrogens (primary N) is 1. The Labute approximate surface area is 170 Å². The zero-order valence-electron chi connectivity index (χ0n) is 15.4. The molecule has 9 heteroatoms. The van der Waals surface area contributed by atoms with Gasteiger partial charge in [-0.3, -0.25) is 4.79 Å². The Morgan fingerprint density at radius 2 is 1.93 bits per heavy atom. The number of amides is 1. The minimum atomic E-state index is -0.534. The highest BCUT2D eigenvalue weighted by atomic mass is 35.5. The van der Waals surface area contributed by atoms with Crippen LogP contribution in [0.4, 0.5) is 5.69 Å². The van der Waals surface area contributed by atoms with Crippen LogP contribution in [0.1, 0.15) is 10.4 Å². The van der Waals surface area contributed by atoms with E-state index in [0.717, 1.165) is 29.7 Å². The van der Waals surface area contributed by atoms with E-state index >= 15 is 0 Å². The molecule has 1 amide bonds. The average Bonchev–Trinajstić information content (AvgIpc) is 3.12. The van der Waals surface area contributed by atoms with Gasteiger partial charge in [0.1, 0.15) is 0 Å². The van der Waals surface area contributed by atoms with Crippen molar-refractivity contribution in [2.45, 2.75) is 0 Å². The van der Waals surface area contributed by atoms with Crippen molar-refractivity contribution in [2.75, 3.05) is 31.2 Å². The Hall–Kier alpha value is -3.23. The van der Waals surface area contributed by atoms with Gasteiger partial charge >= 0.3 is 0 Å². The van der Waals surface area contributed by atoms with Crippen LogP contribution < -0.4 is 10.6 Å². The lowest BCUT2D eigenvalue weighted by Crippen LogP contribution is -2.36. The first kappa shape index (κ1) is 17.8. The molecule has 3 aromatic heterocycles. The fraction of sp³-hybridized carbons (Fsp3) is 0.200. The van der Waals surface area contributed by atoms with Gasteiger partial charge in [-0.25, -0.2) is 15.0 Å². The predicted molar refractivity (Wildman–Crippen MR) is 111 cm³/mol. The topological polar surface area (TPSA) is 110 Å². The van der Waals surface area contributed by atoms with E-state index in [1.807, 2.05) is 6.07 Å². The number of nitrogens with zero attached hydrogens (tertiary/aromatic N) is 4. The van der Waals surface area contributed by atoms with Crippen molar-refractivity contribution in [1.82, 2.24) is 19.9 Å². The molecule has 1 aliphatic heterocycles. The van der Waals surface area contributed by atoms with Gasteiger partial charge < -0.3 is 20.4 Å². The zero-order valence-corrected chi connectivity index (χ0v) is 16.1. The van der Waals surface area contributed by atoms with E-state index < -0.39 is 5.91 Å². The minimum absolute atomic E-state index is 0.146. The van der Waals surface area contributed by atoms with Crippen LogP contribution in [-0.4, -0.2) is 52.1 Å². The molecule has 3 N–H and O–H groups in total. The van der Waals surface area contributed by atoms with E-state index in [1.54, 1.807) is 18.5 Å². The summed E-state index contributed by atoms with van der Waals surface area (Å²) in [5.41, 5.74) is 10.5. The lowest BCUT2D eigenvalue weighted by Gasteiger charge is -2.28. The number of ether oxygens (including phenoxy) is 1. The van der Waals surface area contributed by atoms with Crippen LogP contribution in [-0.2, 0) is 4.74 Å². The molecular formula is C20H17ClN6O2. The Bertz CT molecular complexity index is 1230. The maximum absolute atomic E-state index is 12.1. The summed E-state index contributed by atoms with van der Waals surface area (Å²) >= 11 is 5.78. The summed E-state index contributed by atoms with van der Waals surface area (Å²) in [6, 6.07) is 7.79. The number of carbonyl (C=O) groups excluding carboxylic acids is 1. The number of primary amides is 1. The lowest BCUT2D eigenvalue weighted by atomic mass is 10.1. The van der Waals surface area contributed by atoms with Crippen LogP contribution in [0, 0.1) is 0 Å². The Balaban J connectivity index is 1.69. The van der Waals surface area contributed by atoms with Crippen molar-refractivity contribution < 1.29 is 9.53 Å². The lowest BCUT2D eigenvalue weighted by molar-refractivity contribution is 0.100. The minimum Gasteiger partial charge on any atom is -0.378 e. The molecule has 0 bridgehead atoms. The molecule has 8 nitrogen and oxygen atoms in total. The number of hydrogen-bond donors (Lipinski definition) is 2. The van der Waals surface area contributed by atoms with Crippen molar-refractivity contribution in [1.29, 1.82) is 0 Å². The van der Waals surface area contributed by atoms with Gasteiger partial charge in [-0.1, -0.05) is 0 Å². The maximum Gasteiger partial charge on any atom is 0.250 e. The standard InChI is InChI=1S/C20H17ClN6O2/c21-20-23-9-11(10-24-20)15-8-14(19(22)28)18-17(25-15)13-2-1-12(7-16(13)26-18)27-3-5-29-6-4-27/h1-2,7-10,26H,3-6H2,(H2,22,28). The number of rotatable bonds is 3. The van der Waals surface area contributed by atoms with Crippen molar-refractivity contribution >= 4 is 45.1 Å². The molecule has 29 heavy (non-hydrogen) atoms. The molecule has 146 valence electrons. The number of fused-ring (bicyclic) bond motifs is 3. The highest BCUT2D eigenvalue weighted by Gasteiger charge is 2.18. The second-order valence-electron chi connectivity index (χ2n) is 6.84. The van der Waals surface area contributed by atoms with E-state index in [0.29, 0.717) is 41.1 Å². The molecule has 5 rings (SSSR count). The van der Waals surface area contributed by atoms with Gasteiger partial charge in [0.25, 0.3) is 5.91 Å². The molecular weight excluding hydrogens is 392 g/mol. The highest BCUT2D eigenvalue weighted by molar-refractivity contribution is 6.28. The molecule has 4 aromatic rings. The van der Waals surface area contributed by atoms with Gasteiger partial charge in [0.05, 0.1) is 41.0 Å². The van der Waals surface area contributed by atoms with E-state index in [4.69, 9.17) is 27.1 Å². The second kappa shape index (κ2) is 6.98. The quantitative estimate of drug-likeness (QED) is 0.504. The fourth-order valence-corrected chi connectivity index (χ4v) is 3.75. The first-order valence-electron chi connectivity index (χ1n) is 9.17. The van der Waals surface area contributed by atoms with Crippen LogP contribution >= 0.6 is 11.6 Å². The number of pyridine rings is 1. The Morgan fingerprint density at radius 3 is 2.66 bits per heavy atom. The number of benzene rings is 1. The van der Waals surface area contributed by atoms with Gasteiger partial charge in [-0.05, 0) is 35.9 Å². The first-order valence-corrected chi connectivity index (χ1v) is 9.55. The number of morpholine rings is 1. The van der Waals surface area contributed by atoms with Gasteiger partial charge in [0.2, 0.25) is 5.28 Å². The van der Waals surface area contributed by atoms with Crippen molar-refractivity contribution in [3.8, 4) is 11.3 Å². The summed E-state index contributed by atoms with van der Waals surface area (Å²) in [5.74, 6) is -0.534. The summed E-state index contributed by atoms with van der Waals surface area (Å²) in [6.07, 6.45) is 3.14. The summed E-state index contributed by atoms with van der Waals surface area (Å²) in [7, 11) is 0.